The van der Waals surface area contributed by atoms with E-state index in [0.717, 1.165) is 0 Å². The zero-order chi connectivity index (χ0) is 28.7. The topological polar surface area (TPSA) is 189 Å². The number of phenolic OH excluding ortho intramolecular Hbond substituents is 1. The molecule has 1 aliphatic heterocycles. The van der Waals surface area contributed by atoms with Crippen molar-refractivity contribution in [2.45, 2.75) is 37.1 Å². The first-order valence-electron chi connectivity index (χ1n) is 11.6. The molecule has 0 bridgehead atoms. The Morgan fingerprint density at radius 1 is 0.825 bits per heavy atom. The van der Waals surface area contributed by atoms with E-state index in [-0.39, 0.29) is 59.0 Å². The Morgan fingerprint density at radius 3 is 1.93 bits per heavy atom. The van der Waals surface area contributed by atoms with Gasteiger partial charge < -0.3 is 44.5 Å². The minimum absolute atomic E-state index is 0. The fourth-order valence-electron chi connectivity index (χ4n) is 3.63. The van der Waals surface area contributed by atoms with Gasteiger partial charge in [0.15, 0.2) is 40.7 Å². The smallest absolute Gasteiger partial charge is 0.335 e. The van der Waals surface area contributed by atoms with Crippen molar-refractivity contribution < 1.29 is 58.9 Å². The van der Waals surface area contributed by atoms with E-state index in [1.54, 1.807) is 12.1 Å². The number of carboxylic acid groups (broad SMARTS) is 1. The molecule has 0 spiro atoms. The molecule has 0 amide bonds. The fourth-order valence-corrected chi connectivity index (χ4v) is 3.63. The molecule has 12 nitrogen and oxygen atoms in total. The van der Waals surface area contributed by atoms with E-state index in [0.29, 0.717) is 11.1 Å². The second-order valence-corrected chi connectivity index (χ2v) is 8.47. The summed E-state index contributed by atoms with van der Waals surface area (Å²) in [4.78, 5) is 35.7. The van der Waals surface area contributed by atoms with E-state index in [9.17, 15) is 39.9 Å². The van der Waals surface area contributed by atoms with Crippen molar-refractivity contribution in [3.63, 3.8) is 0 Å². The van der Waals surface area contributed by atoms with Crippen LogP contribution in [-0.4, -0.2) is 118 Å². The van der Waals surface area contributed by atoms with E-state index in [2.05, 4.69) is 0 Å². The van der Waals surface area contributed by atoms with Crippen LogP contribution in [0.1, 0.15) is 17.5 Å². The maximum absolute atomic E-state index is 12.3. The Bertz CT molecular complexity index is 1270. The number of aromatic hydroxyl groups is 1. The van der Waals surface area contributed by atoms with Gasteiger partial charge in [0.25, 0.3) is 0 Å². The number of carbonyl (C=O) groups excluding carboxylic acids is 2. The summed E-state index contributed by atoms with van der Waals surface area (Å²) in [7, 11) is 2.73. The Morgan fingerprint density at radius 2 is 1.38 bits per heavy atom. The number of methoxy groups -OCH3 is 2. The first kappa shape index (κ1) is 33.0. The summed E-state index contributed by atoms with van der Waals surface area (Å²) in [5.74, 6) is -2.07. The molecule has 5 N–H and O–H groups in total. The monoisotopic (exact) mass is 567 g/mol. The predicted molar refractivity (Wildman–Crippen MR) is 141 cm³/mol. The SMILES string of the molecule is COc1cc(/C=C/C(=O)CC(=O)/C=C/c2ccc(O[C@@H]3O[C@H](C(=O)O)[C@@H](O)[C@H](O)[C@H]3O)c(OC)c2)ccc1O.[Na]. The summed E-state index contributed by atoms with van der Waals surface area (Å²) in [6.45, 7) is 0. The Kier molecular flexibility index (Phi) is 12.3. The van der Waals surface area contributed by atoms with Crippen LogP contribution < -0.4 is 14.2 Å². The largest absolute Gasteiger partial charge is 0.504 e. The number of ether oxygens (including phenoxy) is 4. The first-order valence-corrected chi connectivity index (χ1v) is 11.6. The van der Waals surface area contributed by atoms with Gasteiger partial charge in [-0.3, -0.25) is 9.59 Å². The van der Waals surface area contributed by atoms with Crippen molar-refractivity contribution in [1.82, 2.24) is 0 Å². The van der Waals surface area contributed by atoms with Crippen molar-refractivity contribution >= 4 is 59.2 Å². The quantitative estimate of drug-likeness (QED) is 0.144. The van der Waals surface area contributed by atoms with Crippen molar-refractivity contribution in [1.29, 1.82) is 0 Å². The molecule has 1 aliphatic rings. The summed E-state index contributed by atoms with van der Waals surface area (Å²) < 4.78 is 20.9. The van der Waals surface area contributed by atoms with Crippen molar-refractivity contribution in [3.8, 4) is 23.0 Å². The van der Waals surface area contributed by atoms with E-state index in [1.165, 1.54) is 62.8 Å². The maximum Gasteiger partial charge on any atom is 0.335 e. The van der Waals surface area contributed by atoms with Gasteiger partial charge in [0.1, 0.15) is 18.3 Å². The van der Waals surface area contributed by atoms with Crippen molar-refractivity contribution in [3.05, 3.63) is 59.7 Å². The molecule has 5 atom stereocenters. The van der Waals surface area contributed by atoms with Gasteiger partial charge in [-0.2, -0.15) is 0 Å². The number of phenols is 1. The Hall–Kier alpha value is -3.23. The molecule has 1 radical (unpaired) electrons. The molecule has 2 aromatic rings. The number of carbonyl (C=O) groups is 3. The third-order valence-corrected chi connectivity index (χ3v) is 5.72. The number of hydrogen-bond donors (Lipinski definition) is 5. The summed E-state index contributed by atoms with van der Waals surface area (Å²) in [6, 6.07) is 8.96. The van der Waals surface area contributed by atoms with E-state index < -0.39 is 48.2 Å². The van der Waals surface area contributed by atoms with Crippen LogP contribution in [-0.2, 0) is 19.1 Å². The average molecular weight is 567 g/mol. The minimum Gasteiger partial charge on any atom is -0.504 e. The Balaban J connectivity index is 0.00000560. The number of hydrogen-bond acceptors (Lipinski definition) is 11. The first-order chi connectivity index (χ1) is 18.5. The molecule has 13 heteroatoms. The van der Waals surface area contributed by atoms with Gasteiger partial charge >= 0.3 is 5.97 Å². The maximum atomic E-state index is 12.3. The summed E-state index contributed by atoms with van der Waals surface area (Å²) in [5.41, 5.74) is 1.10. The number of ketones is 2. The van der Waals surface area contributed by atoms with Gasteiger partial charge in [-0.1, -0.05) is 24.3 Å². The molecule has 2 aromatic carbocycles. The van der Waals surface area contributed by atoms with Crippen LogP contribution in [0.25, 0.3) is 12.2 Å². The van der Waals surface area contributed by atoms with Gasteiger partial charge in [-0.05, 0) is 47.5 Å². The fraction of sp³-hybridized carbons (Fsp3) is 0.296. The van der Waals surface area contributed by atoms with Gasteiger partial charge in [0.2, 0.25) is 6.29 Å². The number of aliphatic carboxylic acids is 1. The van der Waals surface area contributed by atoms with Crippen molar-refractivity contribution in [2.24, 2.45) is 0 Å². The van der Waals surface area contributed by atoms with E-state index in [1.807, 2.05) is 0 Å². The van der Waals surface area contributed by atoms with Crippen LogP contribution in [0.5, 0.6) is 23.0 Å². The standard InChI is InChI=1S/C27H28O12.Na/c1-36-20-11-14(5-9-18(20)30)3-7-16(28)13-17(29)8-4-15-6-10-19(21(12-15)37-2)38-27-24(33)22(31)23(32)25(39-27)26(34)35;/h3-12,22-25,27,30-33H,13H2,1-2H3,(H,34,35);/b7-3+,8-4+;/t22-,23-,24+,25-,27+;/m0./s1. The van der Waals surface area contributed by atoms with Gasteiger partial charge in [-0.25, -0.2) is 4.79 Å². The molecular formula is C27H28NaO12. The number of aliphatic hydroxyl groups excluding tert-OH is 3. The molecule has 0 aliphatic carbocycles. The van der Waals surface area contributed by atoms with Gasteiger partial charge in [-0.15, -0.1) is 0 Å². The molecular weight excluding hydrogens is 539 g/mol. The number of allylic oxidation sites excluding steroid dienone is 2. The van der Waals surface area contributed by atoms with Gasteiger partial charge in [0, 0.05) is 29.6 Å². The number of aliphatic hydroxyl groups is 3. The zero-order valence-electron chi connectivity index (χ0n) is 22.0. The minimum atomic E-state index is -1.86. The van der Waals surface area contributed by atoms with Crippen LogP contribution in [0, 0.1) is 0 Å². The summed E-state index contributed by atoms with van der Waals surface area (Å²) in [5, 5.41) is 48.7. The normalized spacial score (nSPS) is 22.5. The van der Waals surface area contributed by atoms with Crippen LogP contribution >= 0.6 is 0 Å². The molecule has 1 fully saturated rings. The Labute approximate surface area is 251 Å². The molecule has 3 rings (SSSR count). The summed E-state index contributed by atoms with van der Waals surface area (Å²) >= 11 is 0. The van der Waals surface area contributed by atoms with Gasteiger partial charge in [0.05, 0.1) is 20.6 Å². The molecule has 209 valence electrons. The second kappa shape index (κ2) is 15.0. The third-order valence-electron chi connectivity index (χ3n) is 5.72. The van der Waals surface area contributed by atoms with Crippen LogP contribution in [0.3, 0.4) is 0 Å². The number of rotatable bonds is 11. The van der Waals surface area contributed by atoms with Crippen LogP contribution in [0.2, 0.25) is 0 Å². The molecule has 0 aromatic heterocycles. The zero-order valence-corrected chi connectivity index (χ0v) is 24.0. The second-order valence-electron chi connectivity index (χ2n) is 8.47. The molecule has 0 saturated carbocycles. The van der Waals surface area contributed by atoms with E-state index >= 15 is 0 Å². The van der Waals surface area contributed by atoms with Crippen LogP contribution in [0.4, 0.5) is 0 Å². The van der Waals surface area contributed by atoms with Crippen molar-refractivity contribution in [2.75, 3.05) is 14.2 Å². The van der Waals surface area contributed by atoms with E-state index in [4.69, 9.17) is 18.9 Å². The molecule has 0 unspecified atom stereocenters. The molecule has 1 heterocycles. The third kappa shape index (κ3) is 8.38. The summed E-state index contributed by atoms with van der Waals surface area (Å²) in [6.07, 6.45) is -3.85. The molecule has 1 saturated heterocycles. The average Bonchev–Trinajstić information content (AvgIpc) is 2.91. The number of carboxylic acids is 1. The molecule has 40 heavy (non-hydrogen) atoms. The van der Waals surface area contributed by atoms with Crippen LogP contribution in [0.15, 0.2) is 48.6 Å². The predicted octanol–water partition coefficient (Wildman–Crippen LogP) is 0.554. The number of benzene rings is 2.